The standard InChI is InChI=1S/C17H18FN3O2S/c1-21-15-4-2-11(20-12-3-5-17(18)19-9-12)8-13(15)14-10-24(22,23)7-6-16(14)21/h2-5,8-9,14,16,20H,6-7,10H2,1H3. The number of hydrogen-bond donors (Lipinski definition) is 1. The highest BCUT2D eigenvalue weighted by atomic mass is 32.2. The van der Waals surface area contributed by atoms with Crippen molar-refractivity contribution in [3.63, 3.8) is 0 Å². The van der Waals surface area contributed by atoms with Gasteiger partial charge in [-0.1, -0.05) is 0 Å². The van der Waals surface area contributed by atoms with Crippen LogP contribution in [0.3, 0.4) is 0 Å². The monoisotopic (exact) mass is 347 g/mol. The lowest BCUT2D eigenvalue weighted by molar-refractivity contribution is 0.512. The Morgan fingerprint density at radius 1 is 1.25 bits per heavy atom. The molecule has 7 heteroatoms. The summed E-state index contributed by atoms with van der Waals surface area (Å²) in [5.41, 5.74) is 3.69. The molecule has 1 N–H and O–H groups in total. The van der Waals surface area contributed by atoms with Crippen LogP contribution in [0.5, 0.6) is 0 Å². The Labute approximate surface area is 140 Å². The van der Waals surface area contributed by atoms with Crippen LogP contribution < -0.4 is 10.2 Å². The number of nitrogens with one attached hydrogen (secondary N) is 1. The summed E-state index contributed by atoms with van der Waals surface area (Å²) in [6.45, 7) is 0. The second-order valence-corrected chi connectivity index (χ2v) is 8.68. The average molecular weight is 347 g/mol. The first-order valence-corrected chi connectivity index (χ1v) is 9.71. The number of halogens is 1. The Hall–Kier alpha value is -2.15. The molecule has 1 saturated heterocycles. The Kier molecular flexibility index (Phi) is 3.49. The second kappa shape index (κ2) is 5.44. The van der Waals surface area contributed by atoms with Crippen LogP contribution in [0.25, 0.3) is 0 Å². The van der Waals surface area contributed by atoms with E-state index in [4.69, 9.17) is 0 Å². The maximum absolute atomic E-state index is 12.9. The van der Waals surface area contributed by atoms with Crippen molar-refractivity contribution in [1.29, 1.82) is 0 Å². The molecule has 0 spiro atoms. The molecule has 2 aliphatic rings. The van der Waals surface area contributed by atoms with E-state index in [9.17, 15) is 12.8 Å². The lowest BCUT2D eigenvalue weighted by Gasteiger charge is -2.30. The third-order valence-electron chi connectivity index (χ3n) is 4.94. The number of fused-ring (bicyclic) bond motifs is 3. The number of pyridine rings is 1. The van der Waals surface area contributed by atoms with Crippen molar-refractivity contribution >= 4 is 26.9 Å². The number of anilines is 3. The van der Waals surface area contributed by atoms with Crippen molar-refractivity contribution in [3.8, 4) is 0 Å². The molecular formula is C17H18FN3O2S. The normalized spacial score (nSPS) is 24.3. The third-order valence-corrected chi connectivity index (χ3v) is 6.67. The Balaban J connectivity index is 1.66. The zero-order chi connectivity index (χ0) is 16.9. The number of hydrogen-bond acceptors (Lipinski definition) is 5. The molecule has 3 heterocycles. The number of nitrogens with zero attached hydrogens (tertiary/aromatic N) is 2. The van der Waals surface area contributed by atoms with Gasteiger partial charge in [-0.2, -0.15) is 4.39 Å². The van der Waals surface area contributed by atoms with Crippen LogP contribution in [-0.2, 0) is 9.84 Å². The lowest BCUT2D eigenvalue weighted by atomic mass is 9.94. The van der Waals surface area contributed by atoms with E-state index in [1.807, 2.05) is 25.2 Å². The summed E-state index contributed by atoms with van der Waals surface area (Å²) in [6.07, 6.45) is 2.10. The molecule has 0 saturated carbocycles. The Morgan fingerprint density at radius 2 is 2.04 bits per heavy atom. The van der Waals surface area contributed by atoms with Crippen LogP contribution in [0, 0.1) is 5.95 Å². The zero-order valence-electron chi connectivity index (χ0n) is 13.2. The largest absolute Gasteiger partial charge is 0.371 e. The van der Waals surface area contributed by atoms with E-state index in [2.05, 4.69) is 15.2 Å². The predicted molar refractivity (Wildman–Crippen MR) is 92.1 cm³/mol. The van der Waals surface area contributed by atoms with Gasteiger partial charge in [0.2, 0.25) is 5.95 Å². The van der Waals surface area contributed by atoms with Crippen molar-refractivity contribution in [3.05, 3.63) is 48.0 Å². The maximum atomic E-state index is 12.9. The molecule has 1 aromatic heterocycles. The molecule has 0 amide bonds. The van der Waals surface area contributed by atoms with Gasteiger partial charge in [0.15, 0.2) is 9.84 Å². The van der Waals surface area contributed by atoms with Gasteiger partial charge in [0, 0.05) is 30.4 Å². The van der Waals surface area contributed by atoms with Gasteiger partial charge in [0.1, 0.15) is 0 Å². The first kappa shape index (κ1) is 15.4. The Morgan fingerprint density at radius 3 is 2.79 bits per heavy atom. The van der Waals surface area contributed by atoms with Crippen LogP contribution in [0.2, 0.25) is 0 Å². The zero-order valence-corrected chi connectivity index (χ0v) is 14.1. The van der Waals surface area contributed by atoms with Crippen molar-refractivity contribution in [2.75, 3.05) is 28.8 Å². The van der Waals surface area contributed by atoms with Crippen molar-refractivity contribution in [1.82, 2.24) is 4.98 Å². The highest BCUT2D eigenvalue weighted by Gasteiger charge is 2.42. The third kappa shape index (κ3) is 2.62. The van der Waals surface area contributed by atoms with Crippen molar-refractivity contribution in [2.45, 2.75) is 18.4 Å². The molecule has 1 aromatic carbocycles. The second-order valence-electron chi connectivity index (χ2n) is 6.46. The number of likely N-dealkylation sites (N-methyl/N-ethyl adjacent to an activating group) is 1. The van der Waals surface area contributed by atoms with Gasteiger partial charge in [-0.05, 0) is 42.3 Å². The molecule has 24 heavy (non-hydrogen) atoms. The summed E-state index contributed by atoms with van der Waals surface area (Å²) >= 11 is 0. The number of sulfone groups is 1. The molecule has 5 nitrogen and oxygen atoms in total. The van der Waals surface area contributed by atoms with Crippen LogP contribution in [0.4, 0.5) is 21.5 Å². The molecule has 0 radical (unpaired) electrons. The fraction of sp³-hybridized carbons (Fsp3) is 0.353. The highest BCUT2D eigenvalue weighted by molar-refractivity contribution is 7.91. The van der Waals surface area contributed by atoms with E-state index < -0.39 is 15.8 Å². The molecule has 0 bridgehead atoms. The summed E-state index contributed by atoms with van der Waals surface area (Å²) in [6, 6.07) is 9.12. The minimum atomic E-state index is -2.98. The number of rotatable bonds is 2. The van der Waals surface area contributed by atoms with Crippen LogP contribution in [0.15, 0.2) is 36.5 Å². The van der Waals surface area contributed by atoms with E-state index in [1.165, 1.54) is 12.3 Å². The van der Waals surface area contributed by atoms with Crippen molar-refractivity contribution in [2.24, 2.45) is 0 Å². The average Bonchev–Trinajstić information content (AvgIpc) is 2.81. The van der Waals surface area contributed by atoms with E-state index in [0.29, 0.717) is 12.1 Å². The van der Waals surface area contributed by atoms with E-state index in [-0.39, 0.29) is 23.5 Å². The summed E-state index contributed by atoms with van der Waals surface area (Å²) in [5, 5.41) is 3.19. The predicted octanol–water partition coefficient (Wildman–Crippen LogP) is 2.68. The van der Waals surface area contributed by atoms with Gasteiger partial charge in [0.25, 0.3) is 0 Å². The van der Waals surface area contributed by atoms with E-state index in [0.717, 1.165) is 16.9 Å². The molecule has 2 aliphatic heterocycles. The minimum Gasteiger partial charge on any atom is -0.371 e. The van der Waals surface area contributed by atoms with Gasteiger partial charge in [-0.3, -0.25) is 0 Å². The van der Waals surface area contributed by atoms with Gasteiger partial charge in [-0.25, -0.2) is 13.4 Å². The van der Waals surface area contributed by atoms with Gasteiger partial charge >= 0.3 is 0 Å². The van der Waals surface area contributed by atoms with E-state index in [1.54, 1.807) is 6.07 Å². The highest BCUT2D eigenvalue weighted by Crippen LogP contribution is 2.45. The first-order chi connectivity index (χ1) is 11.4. The summed E-state index contributed by atoms with van der Waals surface area (Å²) in [4.78, 5) is 5.82. The lowest BCUT2D eigenvalue weighted by Crippen LogP contribution is -2.39. The summed E-state index contributed by atoms with van der Waals surface area (Å²) in [7, 11) is -0.952. The molecular weight excluding hydrogens is 329 g/mol. The molecule has 1 fully saturated rings. The molecule has 2 atom stereocenters. The van der Waals surface area contributed by atoms with E-state index >= 15 is 0 Å². The molecule has 0 aliphatic carbocycles. The molecule has 126 valence electrons. The van der Waals surface area contributed by atoms with Gasteiger partial charge in [-0.15, -0.1) is 0 Å². The molecule has 2 unspecified atom stereocenters. The van der Waals surface area contributed by atoms with Gasteiger partial charge < -0.3 is 10.2 Å². The number of aromatic nitrogens is 1. The van der Waals surface area contributed by atoms with Crippen LogP contribution >= 0.6 is 0 Å². The molecule has 2 aromatic rings. The van der Waals surface area contributed by atoms with Crippen LogP contribution in [-0.4, -0.2) is 38.0 Å². The summed E-state index contributed by atoms with van der Waals surface area (Å²) < 4.78 is 37.0. The van der Waals surface area contributed by atoms with Crippen molar-refractivity contribution < 1.29 is 12.8 Å². The molecule has 4 rings (SSSR count). The Bertz CT molecular complexity index is 883. The fourth-order valence-corrected chi connectivity index (χ4v) is 5.49. The SMILES string of the molecule is CN1c2ccc(Nc3ccc(F)nc3)cc2C2CS(=O)(=O)CCC21. The fourth-order valence-electron chi connectivity index (χ4n) is 3.78. The number of benzene rings is 1. The minimum absolute atomic E-state index is 0.0110. The van der Waals surface area contributed by atoms with Crippen LogP contribution in [0.1, 0.15) is 17.9 Å². The van der Waals surface area contributed by atoms with Gasteiger partial charge in [0.05, 0.1) is 23.4 Å². The maximum Gasteiger partial charge on any atom is 0.212 e. The quantitative estimate of drug-likeness (QED) is 0.847. The summed E-state index contributed by atoms with van der Waals surface area (Å²) in [5.74, 6) is -0.0432. The first-order valence-electron chi connectivity index (χ1n) is 7.89. The topological polar surface area (TPSA) is 62.3 Å². The smallest absolute Gasteiger partial charge is 0.212 e.